The van der Waals surface area contributed by atoms with Gasteiger partial charge in [0.1, 0.15) is 24.7 Å². The molecule has 2 aliphatic heterocycles. The van der Waals surface area contributed by atoms with Crippen molar-refractivity contribution >= 4 is 81.3 Å². The lowest BCUT2D eigenvalue weighted by molar-refractivity contribution is -0.131. The average Bonchev–Trinajstić information content (AvgIpc) is 3.51. The average molecular weight is 769 g/mol. The lowest BCUT2D eigenvalue weighted by Gasteiger charge is -2.21. The molecule has 0 N–H and O–H groups in total. The molecule has 266 valence electrons. The Morgan fingerprint density at radius 1 is 0.755 bits per heavy atom. The third-order valence-electron chi connectivity index (χ3n) is 7.95. The van der Waals surface area contributed by atoms with Gasteiger partial charge in [0.2, 0.25) is 22.6 Å². The number of imide groups is 1. The van der Waals surface area contributed by atoms with Crippen molar-refractivity contribution in [1.82, 2.24) is 0 Å². The van der Waals surface area contributed by atoms with E-state index < -0.39 is 29.1 Å². The zero-order valence-corrected chi connectivity index (χ0v) is 30.6. The second-order valence-electron chi connectivity index (χ2n) is 12.0. The molecule has 0 aliphatic carbocycles. The van der Waals surface area contributed by atoms with Crippen molar-refractivity contribution in [2.75, 3.05) is 23.0 Å². The van der Waals surface area contributed by atoms with E-state index in [-0.39, 0.29) is 45.5 Å². The van der Waals surface area contributed by atoms with E-state index in [4.69, 9.17) is 72.8 Å². The van der Waals surface area contributed by atoms with Gasteiger partial charge in [-0.05, 0) is 93.7 Å². The van der Waals surface area contributed by atoms with Crippen LogP contribution in [0.2, 0.25) is 10.0 Å². The van der Waals surface area contributed by atoms with Crippen LogP contribution in [0.5, 0.6) is 11.5 Å². The predicted molar refractivity (Wildman–Crippen MR) is 201 cm³/mol. The molecule has 0 bridgehead atoms. The van der Waals surface area contributed by atoms with Gasteiger partial charge in [0.15, 0.2) is 0 Å². The number of rotatable bonds is 8. The fourth-order valence-electron chi connectivity index (χ4n) is 4.98. The summed E-state index contributed by atoms with van der Waals surface area (Å²) in [5.74, 6) is 0.123. The minimum Gasteiger partial charge on any atom is -0.489 e. The molecule has 4 aromatic rings. The maximum Gasteiger partial charge on any atom is 0.422 e. The first-order valence-corrected chi connectivity index (χ1v) is 16.7. The Bertz CT molecular complexity index is 2250. The van der Waals surface area contributed by atoms with Gasteiger partial charge in [0, 0.05) is 10.0 Å². The number of nitrogens with zero attached hydrogens (tertiary/aromatic N) is 5. The fraction of sp³-hybridized carbons (Fsp3) is 0.184. The Morgan fingerprint density at radius 3 is 1.68 bits per heavy atom. The minimum atomic E-state index is -1.45. The number of amides is 3. The molecule has 0 radical (unpaired) electrons. The van der Waals surface area contributed by atoms with Crippen LogP contribution in [0.1, 0.15) is 25.0 Å². The smallest absolute Gasteiger partial charge is 0.422 e. The van der Waals surface area contributed by atoms with Crippen molar-refractivity contribution < 1.29 is 33.3 Å². The highest BCUT2D eigenvalue weighted by Crippen LogP contribution is 2.36. The molecule has 15 heteroatoms. The molecule has 6 rings (SSSR count). The molecule has 2 heterocycles. The molecule has 2 aliphatic rings. The monoisotopic (exact) mass is 767 g/mol. The number of hydrogen-bond acceptors (Lipinski definition) is 9. The van der Waals surface area contributed by atoms with Gasteiger partial charge >= 0.3 is 6.09 Å². The van der Waals surface area contributed by atoms with Gasteiger partial charge in [-0.3, -0.25) is 9.59 Å². The van der Waals surface area contributed by atoms with E-state index >= 15 is 0 Å². The number of thiocarbonyl (C=S) groups is 1. The molecule has 0 aromatic heterocycles. The topological polar surface area (TPSA) is 127 Å². The third kappa shape index (κ3) is 8.17. The quantitative estimate of drug-likeness (QED) is 0.128. The van der Waals surface area contributed by atoms with E-state index in [1.165, 1.54) is 42.2 Å². The van der Waals surface area contributed by atoms with Crippen LogP contribution >= 0.6 is 35.4 Å². The summed E-state index contributed by atoms with van der Waals surface area (Å²) < 4.78 is 22.2. The number of hydrogen-bond donors (Lipinski definition) is 0. The summed E-state index contributed by atoms with van der Waals surface area (Å²) in [6.45, 7) is 18.9. The summed E-state index contributed by atoms with van der Waals surface area (Å²) in [6.07, 6.45) is -0.809. The number of carbonyl (C=O) groups excluding carboxylic acids is 3. The lowest BCUT2D eigenvalue weighted by Crippen LogP contribution is -2.43. The largest absolute Gasteiger partial charge is 0.489 e. The summed E-state index contributed by atoms with van der Waals surface area (Å²) in [6, 6.07) is 24.8. The molecule has 0 spiro atoms. The number of ether oxygens (including phenoxy) is 4. The van der Waals surface area contributed by atoms with Crippen LogP contribution in [0.3, 0.4) is 0 Å². The highest BCUT2D eigenvalue weighted by atomic mass is 35.5. The Labute approximate surface area is 320 Å². The number of halogens is 2. The molecule has 2 saturated heterocycles. The number of nitriles is 1. The van der Waals surface area contributed by atoms with Gasteiger partial charge in [0.25, 0.3) is 17.0 Å². The lowest BCUT2D eigenvalue weighted by atomic mass is 10.1. The summed E-state index contributed by atoms with van der Waals surface area (Å²) in [5.41, 5.74) is 0.0161. The molecule has 0 saturated carbocycles. The van der Waals surface area contributed by atoms with Crippen LogP contribution < -0.4 is 19.3 Å². The van der Waals surface area contributed by atoms with Crippen LogP contribution in [0.4, 0.5) is 27.5 Å². The van der Waals surface area contributed by atoms with Crippen LogP contribution in [0.15, 0.2) is 84.9 Å². The summed E-state index contributed by atoms with van der Waals surface area (Å²) >= 11 is 17.3. The Kier molecular flexibility index (Phi) is 11.2. The summed E-state index contributed by atoms with van der Waals surface area (Å²) in [4.78, 5) is 46.6. The van der Waals surface area contributed by atoms with E-state index in [1.54, 1.807) is 49.4 Å². The first-order valence-electron chi connectivity index (χ1n) is 15.5. The van der Waals surface area contributed by atoms with E-state index in [0.29, 0.717) is 22.7 Å². The van der Waals surface area contributed by atoms with Crippen LogP contribution in [-0.4, -0.2) is 47.5 Å². The van der Waals surface area contributed by atoms with Gasteiger partial charge in [-0.2, -0.15) is 5.26 Å². The predicted octanol–water partition coefficient (Wildman–Crippen LogP) is 8.77. The molecule has 2 fully saturated rings. The van der Waals surface area contributed by atoms with Gasteiger partial charge in [0.05, 0.1) is 36.2 Å². The van der Waals surface area contributed by atoms with Crippen molar-refractivity contribution in [2.24, 2.45) is 0 Å². The zero-order chi connectivity index (χ0) is 38.5. The maximum absolute atomic E-state index is 12.9. The molecule has 2 atom stereocenters. The number of aryl methyl sites for hydroxylation is 1. The van der Waals surface area contributed by atoms with Gasteiger partial charge in [-0.15, -0.1) is 0 Å². The number of carbonyl (C=O) groups is 3. The molecule has 12 nitrogen and oxygen atoms in total. The minimum absolute atomic E-state index is 0.0162. The third-order valence-corrected chi connectivity index (χ3v) is 8.83. The van der Waals surface area contributed by atoms with Crippen LogP contribution in [0.25, 0.3) is 9.69 Å². The maximum atomic E-state index is 12.9. The summed E-state index contributed by atoms with van der Waals surface area (Å²) in [7, 11) is 0. The molecule has 53 heavy (non-hydrogen) atoms. The number of benzene rings is 4. The van der Waals surface area contributed by atoms with Crippen molar-refractivity contribution in [3.8, 4) is 17.6 Å². The highest BCUT2D eigenvalue weighted by Gasteiger charge is 2.52. The van der Waals surface area contributed by atoms with E-state index in [9.17, 15) is 14.4 Å². The Morgan fingerprint density at radius 2 is 1.21 bits per heavy atom. The molecular weight excluding hydrogens is 741 g/mol. The first-order chi connectivity index (χ1) is 25.2. The van der Waals surface area contributed by atoms with Crippen LogP contribution in [-0.2, 0) is 19.1 Å². The number of cyclic esters (lactones) is 1. The first kappa shape index (κ1) is 38.1. The second-order valence-corrected chi connectivity index (χ2v) is 13.2. The second kappa shape index (κ2) is 15.6. The molecule has 3 amide bonds. The van der Waals surface area contributed by atoms with Gasteiger partial charge in [-0.25, -0.2) is 24.3 Å². The molecule has 4 aromatic carbocycles. The van der Waals surface area contributed by atoms with E-state index in [2.05, 4.69) is 9.69 Å². The normalized spacial score (nSPS) is 18.9. The van der Waals surface area contributed by atoms with Crippen molar-refractivity contribution in [3.05, 3.63) is 129 Å². The standard InChI is InChI=1S/C19H12ClN3O3S.C19H15ClN2O4/c1-19(11-25-14-6-3-12(10-21)4-7-14)17(24)23(18(27)26-19)13-5-8-16(22-2)15(20)9-13;1-12-4-7-14(8-5-12)25-11-19(2)17(23)22(18(24)26-19)13-6-9-16(21-3)15(20)10-13/h3-9H,11H2,1H3;4-10H,11H2,1-2H3. The zero-order valence-electron chi connectivity index (χ0n) is 28.3. The Hall–Kier alpha value is -6.17. The van der Waals surface area contributed by atoms with Crippen LogP contribution in [0, 0.1) is 31.4 Å². The molecule has 2 unspecified atom stereocenters. The van der Waals surface area contributed by atoms with E-state index in [1.807, 2.05) is 25.1 Å². The van der Waals surface area contributed by atoms with Crippen molar-refractivity contribution in [1.29, 1.82) is 5.26 Å². The summed E-state index contributed by atoms with van der Waals surface area (Å²) in [5, 5.41) is 9.19. The molecular formula is C38H27Cl2N5O7S. The highest BCUT2D eigenvalue weighted by molar-refractivity contribution is 7.80. The van der Waals surface area contributed by atoms with Crippen molar-refractivity contribution in [3.63, 3.8) is 0 Å². The Balaban J connectivity index is 0.000000204. The number of anilines is 2. The van der Waals surface area contributed by atoms with Gasteiger partial charge < -0.3 is 18.9 Å². The van der Waals surface area contributed by atoms with E-state index in [0.717, 1.165) is 10.5 Å². The fourth-order valence-corrected chi connectivity index (χ4v) is 5.79. The SMILES string of the molecule is [C-]#[N+]c1ccc(N2C(=O)C(C)(COc3ccc(C#N)cc3)OC2=S)cc1Cl.[C-]#[N+]c1ccc(N2C(=O)OC(C)(COc3ccc(C)cc3)C2=O)cc1Cl. The van der Waals surface area contributed by atoms with Crippen molar-refractivity contribution in [2.45, 2.75) is 32.0 Å². The van der Waals surface area contributed by atoms with Gasteiger partial charge in [-0.1, -0.05) is 53.0 Å².